The molecular weight excluding hydrogens is 493 g/mol. The van der Waals surface area contributed by atoms with E-state index in [-0.39, 0.29) is 29.4 Å². The van der Waals surface area contributed by atoms with Gasteiger partial charge < -0.3 is 20.8 Å². The Hall–Kier alpha value is -3.68. The van der Waals surface area contributed by atoms with Gasteiger partial charge in [-0.1, -0.05) is 48.4 Å². The van der Waals surface area contributed by atoms with E-state index >= 15 is 0 Å². The van der Waals surface area contributed by atoms with Gasteiger partial charge in [0.25, 0.3) is 5.91 Å². The van der Waals surface area contributed by atoms with E-state index < -0.39 is 11.7 Å². The van der Waals surface area contributed by atoms with Crippen LogP contribution in [-0.4, -0.2) is 17.9 Å². The van der Waals surface area contributed by atoms with Gasteiger partial charge >= 0.3 is 0 Å². The Morgan fingerprint density at radius 2 is 1.92 bits per heavy atom. The average molecular weight is 520 g/mol. The minimum absolute atomic E-state index is 0.0152. The van der Waals surface area contributed by atoms with E-state index in [4.69, 9.17) is 21.8 Å². The molecule has 37 heavy (non-hydrogen) atoms. The fraction of sp³-hybridized carbons (Fsp3) is 0.241. The quantitative estimate of drug-likeness (QED) is 0.297. The number of nitrogens with one attached hydrogen (secondary N) is 2. The Balaban J connectivity index is 1.33. The summed E-state index contributed by atoms with van der Waals surface area (Å²) >= 11 is 5.84. The van der Waals surface area contributed by atoms with Crippen LogP contribution in [0.5, 0.6) is 0 Å². The van der Waals surface area contributed by atoms with Gasteiger partial charge in [0.1, 0.15) is 11.4 Å². The molecule has 1 aromatic heterocycles. The molecule has 0 unspecified atom stereocenters. The van der Waals surface area contributed by atoms with Crippen LogP contribution in [0.3, 0.4) is 0 Å². The van der Waals surface area contributed by atoms with Gasteiger partial charge in [-0.2, -0.15) is 0 Å². The fourth-order valence-electron chi connectivity index (χ4n) is 4.99. The molecule has 0 radical (unpaired) electrons. The van der Waals surface area contributed by atoms with Crippen molar-refractivity contribution in [3.8, 4) is 11.1 Å². The number of amides is 2. The number of hydrogen-bond acceptors (Lipinski definition) is 4. The average Bonchev–Trinajstić information content (AvgIpc) is 3.58. The van der Waals surface area contributed by atoms with Crippen LogP contribution < -0.4 is 16.4 Å². The second-order valence-electron chi connectivity index (χ2n) is 9.32. The minimum atomic E-state index is -0.539. The third-order valence-electron chi connectivity index (χ3n) is 6.94. The lowest BCUT2D eigenvalue weighted by molar-refractivity contribution is -0.125. The highest BCUT2D eigenvalue weighted by Gasteiger charge is 2.34. The molecule has 6 nitrogen and oxygen atoms in total. The highest BCUT2D eigenvalue weighted by Crippen LogP contribution is 2.32. The third-order valence-corrected chi connectivity index (χ3v) is 7.23. The minimum Gasteiger partial charge on any atom is -0.464 e. The second-order valence-corrected chi connectivity index (χ2v) is 9.72. The standard InChI is InChI=1S/C29H27ClFN3O3/c30-24-8-2-6-20(26(24)31)16-33-29(36)22-7-3-9-25(22)34-28(35)21-13-19-10-11-37-27(19)23(14-21)18-5-1-4-17(12-18)15-32/h1-2,4-6,8,10-14,22,25H,3,7,9,15-16,32H2,(H,33,36)(H,34,35)/t22-,25-/m1/s1. The molecule has 1 aliphatic rings. The maximum absolute atomic E-state index is 14.2. The van der Waals surface area contributed by atoms with Gasteiger partial charge in [0.15, 0.2) is 0 Å². The SMILES string of the molecule is NCc1cccc(-c2cc(C(=O)N[C@@H]3CCC[C@H]3C(=O)NCc3cccc(Cl)c3F)cc3ccoc23)c1. The van der Waals surface area contributed by atoms with Crippen molar-refractivity contribution in [2.45, 2.75) is 38.4 Å². The smallest absolute Gasteiger partial charge is 0.251 e. The number of fused-ring (bicyclic) bond motifs is 1. The van der Waals surface area contributed by atoms with E-state index in [0.717, 1.165) is 28.5 Å². The summed E-state index contributed by atoms with van der Waals surface area (Å²) < 4.78 is 19.9. The maximum Gasteiger partial charge on any atom is 0.251 e. The highest BCUT2D eigenvalue weighted by atomic mass is 35.5. The first-order valence-corrected chi connectivity index (χ1v) is 12.6. The Morgan fingerprint density at radius 1 is 1.08 bits per heavy atom. The van der Waals surface area contributed by atoms with Crippen molar-refractivity contribution in [2.24, 2.45) is 11.7 Å². The first kappa shape index (κ1) is 25.0. The van der Waals surface area contributed by atoms with Gasteiger partial charge in [0.2, 0.25) is 5.91 Å². The first-order chi connectivity index (χ1) is 17.9. The maximum atomic E-state index is 14.2. The molecule has 4 N–H and O–H groups in total. The number of rotatable bonds is 7. The van der Waals surface area contributed by atoms with E-state index in [0.29, 0.717) is 36.1 Å². The lowest BCUT2D eigenvalue weighted by Gasteiger charge is -2.21. The number of nitrogens with two attached hydrogens (primary N) is 1. The van der Waals surface area contributed by atoms with E-state index in [1.54, 1.807) is 24.5 Å². The Labute approximate surface area is 219 Å². The van der Waals surface area contributed by atoms with Crippen LogP contribution in [0.4, 0.5) is 4.39 Å². The van der Waals surface area contributed by atoms with Crippen molar-refractivity contribution < 1.29 is 18.4 Å². The lowest BCUT2D eigenvalue weighted by atomic mass is 9.97. The molecule has 0 spiro atoms. The molecule has 1 heterocycles. The number of halogens is 2. The summed E-state index contributed by atoms with van der Waals surface area (Å²) in [5, 5.41) is 6.69. The van der Waals surface area contributed by atoms with Crippen LogP contribution in [0.15, 0.2) is 71.3 Å². The summed E-state index contributed by atoms with van der Waals surface area (Å²) in [6, 6.07) is 17.6. The zero-order valence-corrected chi connectivity index (χ0v) is 20.9. The molecule has 2 atom stereocenters. The van der Waals surface area contributed by atoms with E-state index in [2.05, 4.69) is 10.6 Å². The highest BCUT2D eigenvalue weighted by molar-refractivity contribution is 6.30. The van der Waals surface area contributed by atoms with Gasteiger partial charge in [-0.15, -0.1) is 0 Å². The molecule has 0 aliphatic heterocycles. The molecule has 5 rings (SSSR count). The van der Waals surface area contributed by atoms with Crippen molar-refractivity contribution >= 4 is 34.4 Å². The van der Waals surface area contributed by atoms with Crippen LogP contribution in [0.25, 0.3) is 22.1 Å². The second kappa shape index (κ2) is 10.7. The number of hydrogen-bond donors (Lipinski definition) is 3. The summed E-state index contributed by atoms with van der Waals surface area (Å²) in [5.41, 5.74) is 9.99. The van der Waals surface area contributed by atoms with Crippen molar-refractivity contribution in [1.82, 2.24) is 10.6 Å². The van der Waals surface area contributed by atoms with Crippen LogP contribution in [0.2, 0.25) is 5.02 Å². The molecule has 0 saturated heterocycles. The predicted molar refractivity (Wildman–Crippen MR) is 141 cm³/mol. The van der Waals surface area contributed by atoms with Gasteiger partial charge in [-0.05, 0) is 54.3 Å². The molecule has 3 aromatic carbocycles. The number of carbonyl (C=O) groups excluding carboxylic acids is 2. The molecule has 1 fully saturated rings. The summed E-state index contributed by atoms with van der Waals surface area (Å²) in [6.07, 6.45) is 3.75. The molecule has 8 heteroatoms. The monoisotopic (exact) mass is 519 g/mol. The molecule has 190 valence electrons. The largest absolute Gasteiger partial charge is 0.464 e. The number of benzene rings is 3. The van der Waals surface area contributed by atoms with Gasteiger partial charge in [0.05, 0.1) is 17.2 Å². The first-order valence-electron chi connectivity index (χ1n) is 12.3. The van der Waals surface area contributed by atoms with Crippen molar-refractivity contribution in [2.75, 3.05) is 0 Å². The van der Waals surface area contributed by atoms with Gasteiger partial charge in [-0.3, -0.25) is 9.59 Å². The Kier molecular flexibility index (Phi) is 7.26. The predicted octanol–water partition coefficient (Wildman–Crippen LogP) is 5.57. The van der Waals surface area contributed by atoms with Crippen molar-refractivity contribution in [3.05, 3.63) is 94.5 Å². The van der Waals surface area contributed by atoms with Crippen LogP contribution >= 0.6 is 11.6 Å². The zero-order valence-electron chi connectivity index (χ0n) is 20.1. The number of furan rings is 1. The van der Waals surface area contributed by atoms with Gasteiger partial charge in [-0.25, -0.2) is 4.39 Å². The number of carbonyl (C=O) groups is 2. The molecule has 2 amide bonds. The van der Waals surface area contributed by atoms with Crippen LogP contribution in [0.1, 0.15) is 40.7 Å². The topological polar surface area (TPSA) is 97.4 Å². The Bertz CT molecular complexity index is 1470. The Morgan fingerprint density at radius 3 is 2.76 bits per heavy atom. The zero-order chi connectivity index (χ0) is 25.9. The lowest BCUT2D eigenvalue weighted by Crippen LogP contribution is -2.43. The summed E-state index contributed by atoms with van der Waals surface area (Å²) in [6.45, 7) is 0.440. The van der Waals surface area contributed by atoms with Crippen LogP contribution in [-0.2, 0) is 17.9 Å². The third kappa shape index (κ3) is 5.24. The van der Waals surface area contributed by atoms with E-state index in [1.807, 2.05) is 36.4 Å². The van der Waals surface area contributed by atoms with Crippen molar-refractivity contribution in [1.29, 1.82) is 0 Å². The molecular formula is C29H27ClFN3O3. The van der Waals surface area contributed by atoms with Crippen LogP contribution in [0, 0.1) is 11.7 Å². The summed E-state index contributed by atoms with van der Waals surface area (Å²) in [4.78, 5) is 26.3. The molecule has 4 aromatic rings. The molecule has 1 aliphatic carbocycles. The summed E-state index contributed by atoms with van der Waals surface area (Å²) in [5.74, 6) is -1.41. The fourth-order valence-corrected chi connectivity index (χ4v) is 5.18. The van der Waals surface area contributed by atoms with E-state index in [9.17, 15) is 14.0 Å². The normalized spacial score (nSPS) is 17.2. The van der Waals surface area contributed by atoms with Crippen molar-refractivity contribution in [3.63, 3.8) is 0 Å². The molecule has 0 bridgehead atoms. The van der Waals surface area contributed by atoms with Gasteiger partial charge in [0, 0.05) is 41.2 Å². The molecule has 1 saturated carbocycles. The summed E-state index contributed by atoms with van der Waals surface area (Å²) in [7, 11) is 0. The van der Waals surface area contributed by atoms with E-state index in [1.165, 1.54) is 6.07 Å².